The van der Waals surface area contributed by atoms with Crippen LogP contribution in [0.1, 0.15) is 44.3 Å². The molecule has 8 nitrogen and oxygen atoms in total. The summed E-state index contributed by atoms with van der Waals surface area (Å²) in [6.45, 7) is 9.89. The highest BCUT2D eigenvalue weighted by Crippen LogP contribution is 2.34. The number of benzene rings is 3. The van der Waals surface area contributed by atoms with Crippen molar-refractivity contribution in [1.29, 1.82) is 0 Å². The zero-order valence-corrected chi connectivity index (χ0v) is 25.1. The summed E-state index contributed by atoms with van der Waals surface area (Å²) in [5.41, 5.74) is 6.17. The molecule has 0 saturated carbocycles. The van der Waals surface area contributed by atoms with E-state index in [1.54, 1.807) is 35.2 Å². The van der Waals surface area contributed by atoms with E-state index in [-0.39, 0.29) is 23.0 Å². The van der Waals surface area contributed by atoms with Crippen molar-refractivity contribution in [3.05, 3.63) is 82.4 Å². The third-order valence-electron chi connectivity index (χ3n) is 6.90. The zero-order chi connectivity index (χ0) is 29.1. The third-order valence-corrected chi connectivity index (χ3v) is 9.11. The van der Waals surface area contributed by atoms with Crippen molar-refractivity contribution in [3.8, 4) is 0 Å². The number of aromatic nitrogens is 1. The first kappa shape index (κ1) is 28.8. The van der Waals surface area contributed by atoms with Crippen LogP contribution in [0.5, 0.6) is 0 Å². The summed E-state index contributed by atoms with van der Waals surface area (Å²) in [6, 6.07) is 16.5. The van der Waals surface area contributed by atoms with E-state index in [0.29, 0.717) is 43.1 Å². The summed E-state index contributed by atoms with van der Waals surface area (Å²) >= 11 is 2.87. The van der Waals surface area contributed by atoms with Gasteiger partial charge in [0.2, 0.25) is 5.91 Å². The number of rotatable bonds is 7. The van der Waals surface area contributed by atoms with Gasteiger partial charge in [-0.15, -0.1) is 11.3 Å². The standard InChI is InChI=1S/C31H32N4O4S2/c1-18-15-19(2)27(20(3)16-18)34-28(36)21(4)40-31-33-25-10-9-22(17-26(25)41-31)32-29(37)23-7-5-6-8-24(23)30(38)35-11-13-39-14-12-35/h5-10,15-17,21H,11-14H2,1-4H3,(H,32,37)(H,34,36)/t21-/m0/s1. The average Bonchev–Trinajstić information content (AvgIpc) is 3.36. The number of nitrogens with one attached hydrogen (secondary N) is 2. The lowest BCUT2D eigenvalue weighted by Crippen LogP contribution is -2.41. The quantitative estimate of drug-likeness (QED) is 0.254. The molecular formula is C31H32N4O4S2. The second-order valence-corrected chi connectivity index (χ2v) is 12.7. The number of thiazole rings is 1. The average molecular weight is 589 g/mol. The summed E-state index contributed by atoms with van der Waals surface area (Å²) in [5, 5.41) is 5.66. The molecule has 0 bridgehead atoms. The summed E-state index contributed by atoms with van der Waals surface area (Å²) < 4.78 is 7.01. The van der Waals surface area contributed by atoms with Crippen LogP contribution in [0.3, 0.4) is 0 Å². The highest BCUT2D eigenvalue weighted by Gasteiger charge is 2.24. The van der Waals surface area contributed by atoms with Crippen LogP contribution < -0.4 is 10.6 Å². The molecule has 212 valence electrons. The maximum atomic E-state index is 13.2. The molecule has 0 unspecified atom stereocenters. The van der Waals surface area contributed by atoms with Gasteiger partial charge in [-0.3, -0.25) is 14.4 Å². The molecule has 1 aliphatic rings. The summed E-state index contributed by atoms with van der Waals surface area (Å²) in [7, 11) is 0. The van der Waals surface area contributed by atoms with E-state index in [2.05, 4.69) is 27.8 Å². The van der Waals surface area contributed by atoms with Gasteiger partial charge in [0.25, 0.3) is 11.8 Å². The van der Waals surface area contributed by atoms with Crippen molar-refractivity contribution in [2.75, 3.05) is 36.9 Å². The fourth-order valence-electron chi connectivity index (χ4n) is 4.84. The van der Waals surface area contributed by atoms with E-state index >= 15 is 0 Å². The maximum absolute atomic E-state index is 13.2. The molecule has 0 aliphatic carbocycles. The maximum Gasteiger partial charge on any atom is 0.256 e. The summed E-state index contributed by atoms with van der Waals surface area (Å²) in [4.78, 5) is 45.7. The van der Waals surface area contributed by atoms with Crippen molar-refractivity contribution in [2.45, 2.75) is 37.3 Å². The molecule has 3 amide bonds. The van der Waals surface area contributed by atoms with Crippen LogP contribution in [-0.2, 0) is 9.53 Å². The van der Waals surface area contributed by atoms with Gasteiger partial charge in [-0.25, -0.2) is 4.98 Å². The van der Waals surface area contributed by atoms with Gasteiger partial charge >= 0.3 is 0 Å². The molecular weight excluding hydrogens is 556 g/mol. The normalized spacial score (nSPS) is 14.1. The number of hydrogen-bond donors (Lipinski definition) is 2. The van der Waals surface area contributed by atoms with E-state index < -0.39 is 0 Å². The number of nitrogens with zero attached hydrogens (tertiary/aromatic N) is 2. The number of anilines is 2. The number of hydrogen-bond acceptors (Lipinski definition) is 7. The minimum Gasteiger partial charge on any atom is -0.378 e. The van der Waals surface area contributed by atoms with Crippen LogP contribution in [0.2, 0.25) is 0 Å². The van der Waals surface area contributed by atoms with E-state index in [0.717, 1.165) is 36.9 Å². The smallest absolute Gasteiger partial charge is 0.256 e. The Hall–Kier alpha value is -3.73. The summed E-state index contributed by atoms with van der Waals surface area (Å²) in [6.07, 6.45) is 0. The lowest BCUT2D eigenvalue weighted by atomic mass is 10.0. The lowest BCUT2D eigenvalue weighted by molar-refractivity contribution is -0.115. The fraction of sp³-hybridized carbons (Fsp3) is 0.290. The number of amides is 3. The molecule has 4 aromatic rings. The van der Waals surface area contributed by atoms with E-state index in [1.165, 1.54) is 23.1 Å². The van der Waals surface area contributed by atoms with Gasteiger partial charge in [0, 0.05) is 24.5 Å². The Labute approximate surface area is 247 Å². The lowest BCUT2D eigenvalue weighted by Gasteiger charge is -2.27. The molecule has 0 spiro atoms. The summed E-state index contributed by atoms with van der Waals surface area (Å²) in [5.74, 6) is -0.611. The minimum atomic E-state index is -0.354. The van der Waals surface area contributed by atoms with Gasteiger partial charge in [0.05, 0.1) is 39.8 Å². The van der Waals surface area contributed by atoms with Crippen molar-refractivity contribution >= 4 is 62.4 Å². The predicted octanol–water partition coefficient (Wildman–Crippen LogP) is 6.07. The number of fused-ring (bicyclic) bond motifs is 1. The molecule has 10 heteroatoms. The van der Waals surface area contributed by atoms with Gasteiger partial charge in [-0.1, -0.05) is 41.6 Å². The van der Waals surface area contributed by atoms with Crippen LogP contribution in [0.4, 0.5) is 11.4 Å². The number of carbonyl (C=O) groups is 3. The highest BCUT2D eigenvalue weighted by atomic mass is 32.2. The zero-order valence-electron chi connectivity index (χ0n) is 23.4. The first-order valence-electron chi connectivity index (χ1n) is 13.4. The minimum absolute atomic E-state index is 0.0810. The molecule has 1 aliphatic heterocycles. The molecule has 1 aromatic heterocycles. The van der Waals surface area contributed by atoms with Crippen molar-refractivity contribution in [2.24, 2.45) is 0 Å². The van der Waals surface area contributed by atoms with Gasteiger partial charge in [0.15, 0.2) is 4.34 Å². The van der Waals surface area contributed by atoms with Crippen LogP contribution in [0.15, 0.2) is 58.9 Å². The number of carbonyl (C=O) groups excluding carboxylic acids is 3. The molecule has 1 fully saturated rings. The van der Waals surface area contributed by atoms with Crippen LogP contribution in [0, 0.1) is 20.8 Å². The Bertz CT molecular complexity index is 1600. The molecule has 2 heterocycles. The SMILES string of the molecule is Cc1cc(C)c(NC(=O)[C@H](C)Sc2nc3ccc(NC(=O)c4ccccc4C(=O)N4CCOCC4)cc3s2)c(C)c1. The Morgan fingerprint density at radius 1 is 0.951 bits per heavy atom. The first-order valence-corrected chi connectivity index (χ1v) is 15.1. The largest absolute Gasteiger partial charge is 0.378 e. The third kappa shape index (κ3) is 6.61. The first-order chi connectivity index (χ1) is 19.7. The van der Waals surface area contributed by atoms with Crippen molar-refractivity contribution in [3.63, 3.8) is 0 Å². The highest BCUT2D eigenvalue weighted by molar-refractivity contribution is 8.02. The predicted molar refractivity (Wildman–Crippen MR) is 165 cm³/mol. The number of morpholine rings is 1. The second-order valence-electron chi connectivity index (χ2n) is 10.1. The van der Waals surface area contributed by atoms with Crippen LogP contribution >= 0.6 is 23.1 Å². The monoisotopic (exact) mass is 588 g/mol. The molecule has 1 atom stereocenters. The molecule has 2 N–H and O–H groups in total. The molecule has 1 saturated heterocycles. The van der Waals surface area contributed by atoms with Crippen LogP contribution in [0.25, 0.3) is 10.2 Å². The molecule has 0 radical (unpaired) electrons. The second kappa shape index (κ2) is 12.4. The van der Waals surface area contributed by atoms with Gasteiger partial charge in [0.1, 0.15) is 0 Å². The molecule has 5 rings (SSSR count). The van der Waals surface area contributed by atoms with Crippen molar-refractivity contribution < 1.29 is 19.1 Å². The number of ether oxygens (including phenoxy) is 1. The number of aryl methyl sites for hydroxylation is 3. The van der Waals surface area contributed by atoms with Crippen LogP contribution in [-0.4, -0.2) is 59.2 Å². The van der Waals surface area contributed by atoms with Gasteiger partial charge < -0.3 is 20.3 Å². The Morgan fingerprint density at radius 3 is 2.34 bits per heavy atom. The van der Waals surface area contributed by atoms with Gasteiger partial charge in [-0.05, 0) is 69.2 Å². The Balaban J connectivity index is 1.27. The van der Waals surface area contributed by atoms with Crippen molar-refractivity contribution in [1.82, 2.24) is 9.88 Å². The van der Waals surface area contributed by atoms with E-state index in [1.807, 2.05) is 39.8 Å². The van der Waals surface area contributed by atoms with Gasteiger partial charge in [-0.2, -0.15) is 0 Å². The molecule has 3 aromatic carbocycles. The molecule has 41 heavy (non-hydrogen) atoms. The Morgan fingerprint density at radius 2 is 1.63 bits per heavy atom. The topological polar surface area (TPSA) is 101 Å². The Kier molecular flexibility index (Phi) is 8.72. The van der Waals surface area contributed by atoms with E-state index in [4.69, 9.17) is 4.74 Å². The fourth-order valence-corrected chi connectivity index (χ4v) is 7.09. The number of thioether (sulfide) groups is 1. The van der Waals surface area contributed by atoms with E-state index in [9.17, 15) is 14.4 Å².